The Morgan fingerprint density at radius 2 is 1.75 bits per heavy atom. The Morgan fingerprint density at radius 1 is 1.25 bits per heavy atom. The fraction of sp³-hybridized carbons (Fsp3) is 0.714. The molecule has 2 atom stereocenters. The molecule has 0 saturated heterocycles. The molecule has 0 aromatic heterocycles. The van der Waals surface area contributed by atoms with Gasteiger partial charge in [0.05, 0.1) is 6.42 Å². The van der Waals surface area contributed by atoms with Gasteiger partial charge in [0.1, 0.15) is 6.04 Å². The molecule has 0 bridgehead atoms. The van der Waals surface area contributed by atoms with E-state index in [4.69, 9.17) is 15.9 Å². The molecule has 0 fully saturated rings. The van der Waals surface area contributed by atoms with Crippen molar-refractivity contribution in [3.8, 4) is 0 Å². The first kappa shape index (κ1) is 17.8. The summed E-state index contributed by atoms with van der Waals surface area (Å²) in [4.78, 5) is 29.7. The molecule has 0 spiro atoms. The van der Waals surface area contributed by atoms with Gasteiger partial charge in [-0.05, 0) is 6.42 Å². The fourth-order valence-corrected chi connectivity index (χ4v) is 2.29. The third kappa shape index (κ3) is 8.67. The molecule has 0 aromatic rings. The van der Waals surface area contributed by atoms with Gasteiger partial charge in [0, 0.05) is 12.3 Å². The second kappa shape index (κ2) is 7.62. The van der Waals surface area contributed by atoms with Crippen molar-refractivity contribution in [2.45, 2.75) is 18.9 Å². The Labute approximate surface area is 98.5 Å². The summed E-state index contributed by atoms with van der Waals surface area (Å²) in [6, 6.07) is -1.18. The molecule has 0 aliphatic heterocycles. The summed E-state index contributed by atoms with van der Waals surface area (Å²) in [5, 5.41) is 16.7. The lowest BCUT2D eigenvalue weighted by Gasteiger charge is -2.11. The second-order valence-corrected chi connectivity index (χ2v) is 5.76. The Kier molecular flexibility index (Phi) is 8.46. The number of hydrogen-bond donors (Lipinski definition) is 4. The summed E-state index contributed by atoms with van der Waals surface area (Å²) in [5.41, 5.74) is 5.13. The van der Waals surface area contributed by atoms with Crippen LogP contribution in [0.4, 0.5) is 0 Å². The normalized spacial score (nSPS) is 15.6. The number of carboxylic acid groups (broad SMARTS) is 2. The molecule has 96 valence electrons. The Morgan fingerprint density at radius 3 is 2.12 bits per heavy atom. The first-order chi connectivity index (χ1) is 6.74. The van der Waals surface area contributed by atoms with E-state index in [1.807, 2.05) is 0 Å². The lowest BCUT2D eigenvalue weighted by molar-refractivity contribution is -0.139. The van der Waals surface area contributed by atoms with Crippen LogP contribution in [-0.4, -0.2) is 45.4 Å². The molecule has 9 heteroatoms. The SMILES string of the molecule is Cl.N[C@@H](CCP(=O)(O)CCC(=O)O)C(=O)O. The molecule has 0 aliphatic rings. The molecule has 0 aromatic carbocycles. The Balaban J connectivity index is 0. The van der Waals surface area contributed by atoms with Gasteiger partial charge < -0.3 is 20.8 Å². The van der Waals surface area contributed by atoms with Crippen molar-refractivity contribution < 1.29 is 29.3 Å². The third-order valence-electron chi connectivity index (χ3n) is 1.78. The van der Waals surface area contributed by atoms with E-state index in [1.165, 1.54) is 0 Å². The standard InChI is InChI=1S/C7H14NO6P.ClH/c8-5(7(11)12)1-3-15(13,14)4-2-6(9)10;/h5H,1-4,8H2,(H,9,10)(H,11,12)(H,13,14);1H/t5-;/m0./s1. The molecule has 0 radical (unpaired) electrons. The predicted molar refractivity (Wildman–Crippen MR) is 59.3 cm³/mol. The minimum absolute atomic E-state index is 0. The summed E-state index contributed by atoms with van der Waals surface area (Å²) in [6.45, 7) is 0. The van der Waals surface area contributed by atoms with Crippen molar-refractivity contribution >= 4 is 31.7 Å². The zero-order valence-electron chi connectivity index (χ0n) is 8.40. The summed E-state index contributed by atoms with van der Waals surface area (Å²) in [5.74, 6) is -2.40. The number of carboxylic acids is 2. The predicted octanol–water partition coefficient (Wildman–Crippen LogP) is -0.0447. The summed E-state index contributed by atoms with van der Waals surface area (Å²) < 4.78 is 11.3. The average Bonchev–Trinajstić information content (AvgIpc) is 2.11. The van der Waals surface area contributed by atoms with E-state index in [0.29, 0.717) is 0 Å². The van der Waals surface area contributed by atoms with Crippen LogP contribution in [0.2, 0.25) is 0 Å². The summed E-state index contributed by atoms with van der Waals surface area (Å²) >= 11 is 0. The van der Waals surface area contributed by atoms with Gasteiger partial charge in [-0.2, -0.15) is 0 Å². The van der Waals surface area contributed by atoms with Gasteiger partial charge in [-0.1, -0.05) is 0 Å². The molecule has 0 aliphatic carbocycles. The number of aliphatic carboxylic acids is 2. The molecule has 5 N–H and O–H groups in total. The molecule has 1 unspecified atom stereocenters. The number of carbonyl (C=O) groups is 2. The second-order valence-electron chi connectivity index (χ2n) is 3.17. The maximum atomic E-state index is 11.3. The quantitative estimate of drug-likeness (QED) is 0.478. The van der Waals surface area contributed by atoms with Crippen molar-refractivity contribution in [3.63, 3.8) is 0 Å². The van der Waals surface area contributed by atoms with Gasteiger partial charge in [-0.25, -0.2) is 0 Å². The van der Waals surface area contributed by atoms with Crippen LogP contribution in [0, 0.1) is 0 Å². The number of hydrogen-bond acceptors (Lipinski definition) is 4. The highest BCUT2D eigenvalue weighted by Crippen LogP contribution is 2.41. The molecule has 0 saturated carbocycles. The molecule has 0 rings (SSSR count). The molecular weight excluding hydrogens is 261 g/mol. The third-order valence-corrected chi connectivity index (χ3v) is 3.66. The maximum absolute atomic E-state index is 11.3. The van der Waals surface area contributed by atoms with Crippen LogP contribution in [0.15, 0.2) is 0 Å². The van der Waals surface area contributed by atoms with Crippen LogP contribution in [0.3, 0.4) is 0 Å². The topological polar surface area (TPSA) is 138 Å². The Bertz CT molecular complexity index is 297. The van der Waals surface area contributed by atoms with Crippen molar-refractivity contribution in [2.24, 2.45) is 5.73 Å². The van der Waals surface area contributed by atoms with Gasteiger partial charge in [0.15, 0.2) is 0 Å². The van der Waals surface area contributed by atoms with Crippen LogP contribution in [0.25, 0.3) is 0 Å². The van der Waals surface area contributed by atoms with E-state index in [0.717, 1.165) is 0 Å². The van der Waals surface area contributed by atoms with Gasteiger partial charge in [-0.3, -0.25) is 14.2 Å². The van der Waals surface area contributed by atoms with Gasteiger partial charge >= 0.3 is 11.9 Å². The minimum atomic E-state index is -3.56. The van der Waals surface area contributed by atoms with Crippen LogP contribution in [-0.2, 0) is 14.2 Å². The fourth-order valence-electron chi connectivity index (χ4n) is 0.846. The highest BCUT2D eigenvalue weighted by molar-refractivity contribution is 7.58. The maximum Gasteiger partial charge on any atom is 0.320 e. The van der Waals surface area contributed by atoms with E-state index in [1.54, 1.807) is 0 Å². The van der Waals surface area contributed by atoms with Crippen LogP contribution < -0.4 is 5.73 Å². The average molecular weight is 276 g/mol. The van der Waals surface area contributed by atoms with Gasteiger partial charge in [0.25, 0.3) is 0 Å². The van der Waals surface area contributed by atoms with E-state index in [2.05, 4.69) is 0 Å². The van der Waals surface area contributed by atoms with Crippen LogP contribution in [0.1, 0.15) is 12.8 Å². The van der Waals surface area contributed by atoms with E-state index in [9.17, 15) is 19.0 Å². The van der Waals surface area contributed by atoms with Crippen molar-refractivity contribution in [1.82, 2.24) is 0 Å². The highest BCUT2D eigenvalue weighted by Gasteiger charge is 2.22. The zero-order chi connectivity index (χ0) is 12.1. The molecule has 0 heterocycles. The Hall–Kier alpha value is -0.620. The van der Waals surface area contributed by atoms with Gasteiger partial charge in [-0.15, -0.1) is 12.4 Å². The molecule has 7 nitrogen and oxygen atoms in total. The zero-order valence-corrected chi connectivity index (χ0v) is 10.1. The van der Waals surface area contributed by atoms with Crippen molar-refractivity contribution in [1.29, 1.82) is 0 Å². The summed E-state index contributed by atoms with van der Waals surface area (Å²) in [6.07, 6.45) is -1.17. The summed E-state index contributed by atoms with van der Waals surface area (Å²) in [7, 11) is -3.56. The van der Waals surface area contributed by atoms with Crippen LogP contribution in [0.5, 0.6) is 0 Å². The number of rotatable bonds is 7. The lowest BCUT2D eigenvalue weighted by Crippen LogP contribution is -2.31. The largest absolute Gasteiger partial charge is 0.481 e. The van der Waals surface area contributed by atoms with Crippen molar-refractivity contribution in [3.05, 3.63) is 0 Å². The molecular formula is C7H15ClNO6P. The highest BCUT2D eigenvalue weighted by atomic mass is 35.5. The number of halogens is 1. The first-order valence-corrected chi connectivity index (χ1v) is 6.28. The lowest BCUT2D eigenvalue weighted by atomic mass is 10.2. The smallest absolute Gasteiger partial charge is 0.320 e. The van der Waals surface area contributed by atoms with Crippen molar-refractivity contribution in [2.75, 3.05) is 12.3 Å². The number of nitrogens with two attached hydrogens (primary N) is 1. The first-order valence-electron chi connectivity index (χ1n) is 4.25. The van der Waals surface area contributed by atoms with E-state index < -0.39 is 31.8 Å². The minimum Gasteiger partial charge on any atom is -0.481 e. The van der Waals surface area contributed by atoms with E-state index in [-0.39, 0.29) is 31.2 Å². The van der Waals surface area contributed by atoms with Crippen LogP contribution >= 0.6 is 19.8 Å². The molecule has 16 heavy (non-hydrogen) atoms. The van der Waals surface area contributed by atoms with Gasteiger partial charge in [0.2, 0.25) is 7.37 Å². The molecule has 0 amide bonds. The monoisotopic (exact) mass is 275 g/mol. The van der Waals surface area contributed by atoms with E-state index >= 15 is 0 Å².